The van der Waals surface area contributed by atoms with Gasteiger partial charge < -0.3 is 0 Å². The molecule has 0 fully saturated rings. The largest absolute Gasteiger partial charge is 0.416 e. The van der Waals surface area contributed by atoms with Crippen LogP contribution in [0.1, 0.15) is 43.9 Å². The molecule has 0 bridgehead atoms. The molecule has 1 atom stereocenters. The van der Waals surface area contributed by atoms with Gasteiger partial charge in [0.25, 0.3) is 0 Å². The first kappa shape index (κ1) is 21.3. The summed E-state index contributed by atoms with van der Waals surface area (Å²) < 4.78 is 59.0. The summed E-state index contributed by atoms with van der Waals surface area (Å²) in [5.74, 6) is 0.0802. The van der Waals surface area contributed by atoms with E-state index in [1.54, 1.807) is 30.8 Å². The molecule has 1 aliphatic rings. The van der Waals surface area contributed by atoms with E-state index in [9.17, 15) is 13.2 Å². The second-order valence-electron chi connectivity index (χ2n) is 8.36. The van der Waals surface area contributed by atoms with Gasteiger partial charge in [0, 0.05) is 29.2 Å². The molecular weight excluding hydrogens is 404 g/mol. The third-order valence-corrected chi connectivity index (χ3v) is 6.16. The molecule has 0 amide bonds. The number of allylic oxidation sites excluding steroid dienone is 2. The zero-order chi connectivity index (χ0) is 22.4. The summed E-state index contributed by atoms with van der Waals surface area (Å²) in [4.78, 5) is 4.49. The van der Waals surface area contributed by atoms with Crippen molar-refractivity contribution < 1.29 is 17.6 Å². The third kappa shape index (κ3) is 3.68. The Bertz CT molecular complexity index is 1120. The maximum absolute atomic E-state index is 16.0. The minimum Gasteiger partial charge on any atom is -0.300 e. The number of rotatable bonds is 4. The summed E-state index contributed by atoms with van der Waals surface area (Å²) in [7, 11) is 0. The van der Waals surface area contributed by atoms with Crippen molar-refractivity contribution in [2.75, 3.05) is 0 Å². The van der Waals surface area contributed by atoms with Gasteiger partial charge in [-0.05, 0) is 48.9 Å². The maximum Gasteiger partial charge on any atom is 0.416 e. The molecule has 1 heterocycles. The van der Waals surface area contributed by atoms with Crippen LogP contribution in [0.3, 0.4) is 0 Å². The Morgan fingerprint density at radius 2 is 1.71 bits per heavy atom. The lowest BCUT2D eigenvalue weighted by Crippen LogP contribution is -2.26. The van der Waals surface area contributed by atoms with Crippen molar-refractivity contribution in [3.05, 3.63) is 77.6 Å². The van der Waals surface area contributed by atoms with Gasteiger partial charge in [-0.25, -0.2) is 9.37 Å². The Labute approximate surface area is 179 Å². The molecule has 0 saturated carbocycles. The summed E-state index contributed by atoms with van der Waals surface area (Å²) in [5.41, 5.74) is -0.152. The first-order chi connectivity index (χ1) is 14.6. The Hall–Kier alpha value is -2.89. The summed E-state index contributed by atoms with van der Waals surface area (Å²) in [6, 6.07) is 12.3. The van der Waals surface area contributed by atoms with Gasteiger partial charge in [0.15, 0.2) is 0 Å². The highest BCUT2D eigenvalue weighted by molar-refractivity contribution is 5.81. The number of nitrogens with zero attached hydrogens (tertiary/aromatic N) is 2. The molecular formula is C25H24F4N2. The second-order valence-corrected chi connectivity index (χ2v) is 8.36. The fourth-order valence-corrected chi connectivity index (χ4v) is 4.16. The fraction of sp³-hybridized carbons (Fsp3) is 0.320. The minimum absolute atomic E-state index is 0.111. The van der Waals surface area contributed by atoms with Crippen molar-refractivity contribution in [1.82, 2.24) is 9.55 Å². The molecule has 6 heteroatoms. The first-order valence-corrected chi connectivity index (χ1v) is 10.3. The quantitative estimate of drug-likeness (QED) is 0.400. The zero-order valence-corrected chi connectivity index (χ0v) is 17.7. The van der Waals surface area contributed by atoms with Gasteiger partial charge in [-0.1, -0.05) is 50.3 Å². The standard InChI is InChI=1S/C25H24F4N2/c1-16(2)24(3,26)21-13-12-18-19(10-7-11-20(18)25(27,28)29)22(21)23-30-14-15-31(23)17-8-5-4-6-9-17/h4-6,8-9,11-16H,7,10H2,1-3H3. The molecule has 2 nitrogen and oxygen atoms in total. The molecule has 0 N–H and O–H groups in total. The van der Waals surface area contributed by atoms with E-state index in [1.165, 1.54) is 25.1 Å². The smallest absolute Gasteiger partial charge is 0.300 e. The van der Waals surface area contributed by atoms with Gasteiger partial charge in [0.1, 0.15) is 11.5 Å². The lowest BCUT2D eigenvalue weighted by atomic mass is 9.78. The number of benzene rings is 2. The summed E-state index contributed by atoms with van der Waals surface area (Å²) in [6.45, 7) is 5.03. The number of hydrogen-bond donors (Lipinski definition) is 0. The highest BCUT2D eigenvalue weighted by atomic mass is 19.4. The zero-order valence-electron chi connectivity index (χ0n) is 17.7. The van der Waals surface area contributed by atoms with Gasteiger partial charge in [-0.15, -0.1) is 0 Å². The van der Waals surface area contributed by atoms with Crippen molar-refractivity contribution in [3.8, 4) is 17.1 Å². The Morgan fingerprint density at radius 1 is 1.00 bits per heavy atom. The number of halogens is 4. The summed E-state index contributed by atoms with van der Waals surface area (Å²) >= 11 is 0. The Balaban J connectivity index is 2.04. The van der Waals surface area contributed by atoms with Crippen LogP contribution in [0.2, 0.25) is 0 Å². The van der Waals surface area contributed by atoms with Gasteiger partial charge in [-0.2, -0.15) is 13.2 Å². The maximum atomic E-state index is 16.0. The van der Waals surface area contributed by atoms with Crippen LogP contribution in [0.4, 0.5) is 17.6 Å². The van der Waals surface area contributed by atoms with Crippen LogP contribution in [0.15, 0.2) is 60.9 Å². The molecule has 1 aliphatic carbocycles. The van der Waals surface area contributed by atoms with E-state index in [0.717, 1.165) is 5.69 Å². The number of para-hydroxylation sites is 1. The lowest BCUT2D eigenvalue weighted by Gasteiger charge is -2.31. The monoisotopic (exact) mass is 428 g/mol. The van der Waals surface area contributed by atoms with Crippen molar-refractivity contribution >= 4 is 5.57 Å². The van der Waals surface area contributed by atoms with Crippen molar-refractivity contribution in [1.29, 1.82) is 0 Å². The third-order valence-electron chi connectivity index (χ3n) is 6.16. The van der Waals surface area contributed by atoms with Gasteiger partial charge in [-0.3, -0.25) is 4.57 Å². The highest BCUT2D eigenvalue weighted by Crippen LogP contribution is 2.47. The van der Waals surface area contributed by atoms with Gasteiger partial charge in [0.05, 0.1) is 5.57 Å². The van der Waals surface area contributed by atoms with E-state index in [0.29, 0.717) is 28.9 Å². The van der Waals surface area contributed by atoms with E-state index in [1.807, 2.05) is 30.3 Å². The molecule has 162 valence electrons. The van der Waals surface area contributed by atoms with Crippen molar-refractivity contribution in [2.24, 2.45) is 5.92 Å². The lowest BCUT2D eigenvalue weighted by molar-refractivity contribution is -0.0692. The van der Waals surface area contributed by atoms with Crippen LogP contribution in [0.5, 0.6) is 0 Å². The van der Waals surface area contributed by atoms with Crippen LogP contribution in [0.25, 0.3) is 22.6 Å². The number of aromatic nitrogens is 2. The molecule has 0 radical (unpaired) electrons. The van der Waals surface area contributed by atoms with Crippen molar-refractivity contribution in [2.45, 2.75) is 45.5 Å². The van der Waals surface area contributed by atoms with Crippen molar-refractivity contribution in [3.63, 3.8) is 0 Å². The van der Waals surface area contributed by atoms with Gasteiger partial charge in [0.2, 0.25) is 0 Å². The van der Waals surface area contributed by atoms with Crippen LogP contribution < -0.4 is 0 Å². The SMILES string of the molecule is CC(C)C(C)(F)c1ccc2c(c1-c1nccn1-c1ccccc1)CCC=C2C(F)(F)F. The van der Waals surface area contributed by atoms with E-state index in [2.05, 4.69) is 4.98 Å². The van der Waals surface area contributed by atoms with Crippen LogP contribution in [0, 0.1) is 5.92 Å². The molecule has 2 aromatic carbocycles. The number of hydrogen-bond acceptors (Lipinski definition) is 1. The average Bonchev–Trinajstić information content (AvgIpc) is 3.21. The molecule has 0 saturated heterocycles. The number of imidazole rings is 1. The molecule has 3 aromatic rings. The van der Waals surface area contributed by atoms with E-state index in [4.69, 9.17) is 0 Å². The van der Waals surface area contributed by atoms with Crippen LogP contribution >= 0.6 is 0 Å². The minimum atomic E-state index is -4.47. The molecule has 1 aromatic heterocycles. The van der Waals surface area contributed by atoms with Gasteiger partial charge >= 0.3 is 6.18 Å². The Morgan fingerprint density at radius 3 is 2.35 bits per heavy atom. The van der Waals surface area contributed by atoms with E-state index < -0.39 is 17.4 Å². The number of fused-ring (bicyclic) bond motifs is 1. The molecule has 4 rings (SSSR count). The van der Waals surface area contributed by atoms with E-state index in [-0.39, 0.29) is 17.9 Å². The van der Waals surface area contributed by atoms with E-state index >= 15 is 4.39 Å². The predicted molar refractivity (Wildman–Crippen MR) is 115 cm³/mol. The fourth-order valence-electron chi connectivity index (χ4n) is 4.16. The summed E-state index contributed by atoms with van der Waals surface area (Å²) in [6.07, 6.45) is 0.747. The first-order valence-electron chi connectivity index (χ1n) is 10.3. The average molecular weight is 428 g/mol. The highest BCUT2D eigenvalue weighted by Gasteiger charge is 2.40. The Kier molecular flexibility index (Phi) is 5.28. The van der Waals surface area contributed by atoms with Crippen LogP contribution in [-0.4, -0.2) is 15.7 Å². The summed E-state index contributed by atoms with van der Waals surface area (Å²) in [5, 5.41) is 0. The predicted octanol–water partition coefficient (Wildman–Crippen LogP) is 7.27. The molecule has 1 unspecified atom stereocenters. The number of alkyl halides is 4. The normalized spacial score (nSPS) is 16.1. The molecule has 0 spiro atoms. The molecule has 0 aliphatic heterocycles. The van der Waals surface area contributed by atoms with Crippen LogP contribution in [-0.2, 0) is 12.1 Å². The topological polar surface area (TPSA) is 17.8 Å². The molecule has 31 heavy (non-hydrogen) atoms. The second kappa shape index (κ2) is 7.66.